The number of amides is 2. The quantitative estimate of drug-likeness (QED) is 0.866. The highest BCUT2D eigenvalue weighted by atomic mass is 32.2. The Morgan fingerprint density at radius 2 is 1.84 bits per heavy atom. The van der Waals surface area contributed by atoms with Gasteiger partial charge in [0.05, 0.1) is 5.92 Å². The molecule has 0 atom stereocenters. The molecule has 1 aromatic heterocycles. The van der Waals surface area contributed by atoms with Crippen molar-refractivity contribution in [3.63, 3.8) is 0 Å². The number of pyridine rings is 1. The van der Waals surface area contributed by atoms with Gasteiger partial charge in [-0.15, -0.1) is 0 Å². The van der Waals surface area contributed by atoms with Crippen molar-refractivity contribution in [2.24, 2.45) is 11.8 Å². The number of sulfonamides is 1. The Hall–Kier alpha value is -1.96. The fourth-order valence-electron chi connectivity index (χ4n) is 3.43. The number of aromatic nitrogens is 1. The molecule has 2 heterocycles. The van der Waals surface area contributed by atoms with E-state index in [9.17, 15) is 18.0 Å². The Bertz CT molecular complexity index is 766. The molecule has 1 aromatic rings. The summed E-state index contributed by atoms with van der Waals surface area (Å²) in [5, 5.41) is 0. The van der Waals surface area contributed by atoms with Gasteiger partial charge < -0.3 is 4.90 Å². The second-order valence-electron chi connectivity index (χ2n) is 6.89. The SMILES string of the molecule is Cc1ccncc1S(=O)(=O)NC(=O)C1CN(C(=O)C2CCCCC2)C1. The minimum absolute atomic E-state index is 0.00203. The topological polar surface area (TPSA) is 96.4 Å². The first-order valence-corrected chi connectivity index (χ1v) is 10.1. The largest absolute Gasteiger partial charge is 0.341 e. The molecule has 0 spiro atoms. The van der Waals surface area contributed by atoms with Gasteiger partial charge >= 0.3 is 0 Å². The number of hydrogen-bond donors (Lipinski definition) is 1. The van der Waals surface area contributed by atoms with E-state index in [0.717, 1.165) is 25.7 Å². The number of nitrogens with one attached hydrogen (secondary N) is 1. The highest BCUT2D eigenvalue weighted by molar-refractivity contribution is 7.90. The van der Waals surface area contributed by atoms with Crippen LogP contribution in [0.4, 0.5) is 0 Å². The van der Waals surface area contributed by atoms with Crippen LogP contribution < -0.4 is 4.72 Å². The molecule has 136 valence electrons. The van der Waals surface area contributed by atoms with E-state index in [-0.39, 0.29) is 16.7 Å². The zero-order chi connectivity index (χ0) is 18.0. The summed E-state index contributed by atoms with van der Waals surface area (Å²) in [5.74, 6) is -0.857. The highest BCUT2D eigenvalue weighted by Gasteiger charge is 2.39. The second-order valence-corrected chi connectivity index (χ2v) is 8.54. The van der Waals surface area contributed by atoms with Crippen LogP contribution in [0.1, 0.15) is 37.7 Å². The lowest BCUT2D eigenvalue weighted by atomic mass is 9.86. The van der Waals surface area contributed by atoms with Crippen LogP contribution in [0.2, 0.25) is 0 Å². The van der Waals surface area contributed by atoms with Crippen molar-refractivity contribution in [1.82, 2.24) is 14.6 Å². The molecule has 1 aliphatic heterocycles. The minimum atomic E-state index is -3.94. The summed E-state index contributed by atoms with van der Waals surface area (Å²) in [7, 11) is -3.94. The molecule has 25 heavy (non-hydrogen) atoms. The number of carbonyl (C=O) groups excluding carboxylic acids is 2. The molecular weight excluding hydrogens is 342 g/mol. The van der Waals surface area contributed by atoms with E-state index in [4.69, 9.17) is 0 Å². The van der Waals surface area contributed by atoms with Gasteiger partial charge in [0, 0.05) is 31.4 Å². The molecule has 2 fully saturated rings. The fraction of sp³-hybridized carbons (Fsp3) is 0.588. The lowest BCUT2D eigenvalue weighted by Crippen LogP contribution is -2.57. The van der Waals surface area contributed by atoms with Crippen molar-refractivity contribution in [3.8, 4) is 0 Å². The number of carbonyl (C=O) groups is 2. The van der Waals surface area contributed by atoms with Crippen molar-refractivity contribution in [2.45, 2.75) is 43.9 Å². The van der Waals surface area contributed by atoms with Crippen LogP contribution in [0.5, 0.6) is 0 Å². The third kappa shape index (κ3) is 3.84. The van der Waals surface area contributed by atoms with Gasteiger partial charge in [-0.1, -0.05) is 19.3 Å². The van der Waals surface area contributed by atoms with E-state index in [2.05, 4.69) is 9.71 Å². The molecular formula is C17H23N3O4S. The normalized spacial score (nSPS) is 19.3. The Labute approximate surface area is 147 Å². The number of rotatable bonds is 4. The maximum absolute atomic E-state index is 12.4. The molecule has 0 unspecified atom stereocenters. The molecule has 8 heteroatoms. The van der Waals surface area contributed by atoms with Gasteiger partial charge in [-0.3, -0.25) is 14.6 Å². The number of nitrogens with zero attached hydrogens (tertiary/aromatic N) is 2. The summed E-state index contributed by atoms with van der Waals surface area (Å²) in [5.41, 5.74) is 0.526. The van der Waals surface area contributed by atoms with Crippen LogP contribution >= 0.6 is 0 Å². The molecule has 3 rings (SSSR count). The Morgan fingerprint density at radius 3 is 2.48 bits per heavy atom. The third-order valence-corrected chi connectivity index (χ3v) is 6.51. The summed E-state index contributed by atoms with van der Waals surface area (Å²) in [6.07, 6.45) is 7.90. The first-order valence-electron chi connectivity index (χ1n) is 8.64. The zero-order valence-electron chi connectivity index (χ0n) is 14.3. The number of hydrogen-bond acceptors (Lipinski definition) is 5. The van der Waals surface area contributed by atoms with Crippen molar-refractivity contribution in [3.05, 3.63) is 24.0 Å². The summed E-state index contributed by atoms with van der Waals surface area (Å²) in [4.78, 5) is 30.1. The van der Waals surface area contributed by atoms with Crippen LogP contribution in [-0.2, 0) is 19.6 Å². The average Bonchev–Trinajstić information content (AvgIpc) is 2.54. The number of aryl methyl sites for hydroxylation is 1. The maximum Gasteiger partial charge on any atom is 0.265 e. The Balaban J connectivity index is 1.55. The van der Waals surface area contributed by atoms with E-state index < -0.39 is 21.8 Å². The molecule has 1 saturated carbocycles. The maximum atomic E-state index is 12.4. The van der Waals surface area contributed by atoms with Crippen LogP contribution in [0, 0.1) is 18.8 Å². The van der Waals surface area contributed by atoms with Gasteiger partial charge in [0.1, 0.15) is 4.90 Å². The van der Waals surface area contributed by atoms with E-state index in [0.29, 0.717) is 18.7 Å². The van der Waals surface area contributed by atoms with Crippen molar-refractivity contribution in [2.75, 3.05) is 13.1 Å². The highest BCUT2D eigenvalue weighted by Crippen LogP contribution is 2.28. The van der Waals surface area contributed by atoms with Gasteiger partial charge in [0.2, 0.25) is 11.8 Å². The molecule has 2 amide bonds. The molecule has 1 saturated heterocycles. The van der Waals surface area contributed by atoms with E-state index in [1.165, 1.54) is 18.8 Å². The molecule has 0 bridgehead atoms. The Kier molecular flexibility index (Phi) is 5.08. The van der Waals surface area contributed by atoms with Gasteiger partial charge in [0.25, 0.3) is 10.0 Å². The standard InChI is InChI=1S/C17H23N3O4S/c1-12-7-8-18-9-15(12)25(23,24)19-16(21)14-10-20(11-14)17(22)13-5-3-2-4-6-13/h7-9,13-14H,2-6,10-11H2,1H3,(H,19,21). The predicted molar refractivity (Wildman–Crippen MR) is 90.9 cm³/mol. The summed E-state index contributed by atoms with van der Waals surface area (Å²) < 4.78 is 26.7. The van der Waals surface area contributed by atoms with Crippen molar-refractivity contribution >= 4 is 21.8 Å². The monoisotopic (exact) mass is 365 g/mol. The summed E-state index contributed by atoms with van der Waals surface area (Å²) >= 11 is 0. The van der Waals surface area contributed by atoms with Gasteiger partial charge in [-0.2, -0.15) is 0 Å². The predicted octanol–water partition coefficient (Wildman–Crippen LogP) is 1.23. The van der Waals surface area contributed by atoms with E-state index in [1.807, 2.05) is 0 Å². The molecule has 0 radical (unpaired) electrons. The van der Waals surface area contributed by atoms with E-state index >= 15 is 0 Å². The van der Waals surface area contributed by atoms with Crippen LogP contribution in [-0.4, -0.2) is 43.2 Å². The zero-order valence-corrected chi connectivity index (χ0v) is 15.1. The van der Waals surface area contributed by atoms with Crippen LogP contribution in [0.3, 0.4) is 0 Å². The van der Waals surface area contributed by atoms with Crippen LogP contribution in [0.15, 0.2) is 23.4 Å². The van der Waals surface area contributed by atoms with Gasteiger partial charge in [0.15, 0.2) is 0 Å². The lowest BCUT2D eigenvalue weighted by Gasteiger charge is -2.40. The lowest BCUT2D eigenvalue weighted by molar-refractivity contribution is -0.146. The van der Waals surface area contributed by atoms with Gasteiger partial charge in [-0.25, -0.2) is 13.1 Å². The summed E-state index contributed by atoms with van der Waals surface area (Å²) in [6.45, 7) is 2.24. The molecule has 0 aromatic carbocycles. The summed E-state index contributed by atoms with van der Waals surface area (Å²) in [6, 6.07) is 1.58. The molecule has 1 N–H and O–H groups in total. The first-order chi connectivity index (χ1) is 11.9. The fourth-order valence-corrected chi connectivity index (χ4v) is 4.67. The Morgan fingerprint density at radius 1 is 1.16 bits per heavy atom. The first kappa shape index (κ1) is 17.8. The molecule has 7 nitrogen and oxygen atoms in total. The molecule has 1 aliphatic carbocycles. The molecule has 2 aliphatic rings. The van der Waals surface area contributed by atoms with Crippen LogP contribution in [0.25, 0.3) is 0 Å². The van der Waals surface area contributed by atoms with E-state index in [1.54, 1.807) is 17.9 Å². The van der Waals surface area contributed by atoms with Crippen molar-refractivity contribution < 1.29 is 18.0 Å². The average molecular weight is 365 g/mol. The van der Waals surface area contributed by atoms with Gasteiger partial charge in [-0.05, 0) is 31.4 Å². The second kappa shape index (κ2) is 7.11. The third-order valence-electron chi connectivity index (χ3n) is 5.03. The van der Waals surface area contributed by atoms with Crippen molar-refractivity contribution in [1.29, 1.82) is 0 Å². The minimum Gasteiger partial charge on any atom is -0.341 e. The number of likely N-dealkylation sites (tertiary alicyclic amines) is 1. The smallest absolute Gasteiger partial charge is 0.265 e.